The predicted octanol–water partition coefficient (Wildman–Crippen LogP) is 3.06. The van der Waals surface area contributed by atoms with E-state index >= 15 is 0 Å². The minimum absolute atomic E-state index is 0.176. The molecule has 4 N–H and O–H groups in total. The molecule has 0 atom stereocenters. The summed E-state index contributed by atoms with van der Waals surface area (Å²) < 4.78 is 49.5. The molecule has 1 fully saturated rings. The van der Waals surface area contributed by atoms with Gasteiger partial charge in [0, 0.05) is 41.0 Å². The summed E-state index contributed by atoms with van der Waals surface area (Å²) in [6, 6.07) is 10.4. The SMILES string of the molecule is O=S(=O)(NC1CCS(O)(O)CC1)c1ccc(-c2ccnc3[nH]c(Cn4ccnn4)cc23)cc1. The smallest absolute Gasteiger partial charge is 0.240 e. The molecule has 0 bridgehead atoms. The molecular weight excluding hydrogens is 464 g/mol. The summed E-state index contributed by atoms with van der Waals surface area (Å²) in [5.41, 5.74) is 3.49. The van der Waals surface area contributed by atoms with E-state index in [-0.39, 0.29) is 22.4 Å². The van der Waals surface area contributed by atoms with Crippen molar-refractivity contribution < 1.29 is 17.5 Å². The first-order chi connectivity index (χ1) is 15.8. The van der Waals surface area contributed by atoms with Crippen LogP contribution in [0.15, 0.2) is 59.9 Å². The Balaban J connectivity index is 1.36. The Hall–Kier alpha value is -2.77. The topological polar surface area (TPSA) is 146 Å². The standard InChI is InChI=1S/C21H24N6O4S2/c28-32(29)11-6-16(7-12-32)25-33(30,31)18-3-1-15(2-4-18)19-5-8-22-21-20(19)13-17(24-21)14-27-10-9-23-26-27/h1-5,8-10,13,16,25,28-29H,6-7,11-12,14H2,(H,22,24). The van der Waals surface area contributed by atoms with Crippen LogP contribution in [0.1, 0.15) is 18.5 Å². The Morgan fingerprint density at radius 1 is 1.12 bits per heavy atom. The van der Waals surface area contributed by atoms with Crippen molar-refractivity contribution in [2.75, 3.05) is 11.5 Å². The lowest BCUT2D eigenvalue weighted by Gasteiger charge is -2.39. The number of pyridine rings is 1. The maximum atomic E-state index is 12.8. The molecule has 33 heavy (non-hydrogen) atoms. The van der Waals surface area contributed by atoms with Crippen molar-refractivity contribution in [3.63, 3.8) is 0 Å². The third kappa shape index (κ3) is 4.80. The molecule has 0 saturated carbocycles. The zero-order chi connectivity index (χ0) is 23.1. The zero-order valence-electron chi connectivity index (χ0n) is 17.6. The Labute approximate surface area is 192 Å². The Morgan fingerprint density at radius 3 is 2.58 bits per heavy atom. The molecule has 0 amide bonds. The summed E-state index contributed by atoms with van der Waals surface area (Å²) in [6.07, 6.45) is 5.95. The maximum Gasteiger partial charge on any atom is 0.240 e. The molecule has 1 aliphatic rings. The van der Waals surface area contributed by atoms with E-state index in [1.54, 1.807) is 47.5 Å². The van der Waals surface area contributed by atoms with Crippen molar-refractivity contribution >= 4 is 31.6 Å². The number of nitrogens with zero attached hydrogens (tertiary/aromatic N) is 4. The van der Waals surface area contributed by atoms with E-state index in [9.17, 15) is 17.5 Å². The lowest BCUT2D eigenvalue weighted by molar-refractivity contribution is 0.444. The number of fused-ring (bicyclic) bond motifs is 1. The van der Waals surface area contributed by atoms with Gasteiger partial charge in [0.1, 0.15) is 5.65 Å². The third-order valence-corrected chi connectivity index (χ3v) is 9.09. The molecule has 4 heterocycles. The van der Waals surface area contributed by atoms with Gasteiger partial charge < -0.3 is 4.98 Å². The number of nitrogens with one attached hydrogen (secondary N) is 2. The van der Waals surface area contributed by atoms with Crippen LogP contribution in [0.4, 0.5) is 0 Å². The highest BCUT2D eigenvalue weighted by Gasteiger charge is 2.28. The lowest BCUT2D eigenvalue weighted by Crippen LogP contribution is -2.39. The van der Waals surface area contributed by atoms with Gasteiger partial charge in [0.25, 0.3) is 0 Å². The van der Waals surface area contributed by atoms with Crippen LogP contribution in [0.3, 0.4) is 0 Å². The average molecular weight is 489 g/mol. The van der Waals surface area contributed by atoms with E-state index in [0.717, 1.165) is 27.9 Å². The van der Waals surface area contributed by atoms with Crippen LogP contribution in [0, 0.1) is 0 Å². The van der Waals surface area contributed by atoms with E-state index in [1.165, 1.54) is 0 Å². The van der Waals surface area contributed by atoms with Crippen LogP contribution in [0.5, 0.6) is 0 Å². The number of sulfonamides is 1. The van der Waals surface area contributed by atoms with Crippen molar-refractivity contribution in [3.05, 3.63) is 60.7 Å². The first-order valence-corrected chi connectivity index (χ1v) is 13.8. The highest BCUT2D eigenvalue weighted by molar-refractivity contribution is 8.24. The van der Waals surface area contributed by atoms with Gasteiger partial charge in [0.05, 0.1) is 17.6 Å². The normalized spacial score (nSPS) is 17.9. The minimum Gasteiger partial charge on any atom is -0.342 e. The summed E-state index contributed by atoms with van der Waals surface area (Å²) in [5, 5.41) is 8.73. The van der Waals surface area contributed by atoms with Gasteiger partial charge in [-0.3, -0.25) is 9.11 Å². The van der Waals surface area contributed by atoms with Gasteiger partial charge in [-0.15, -0.1) is 5.10 Å². The monoisotopic (exact) mass is 488 g/mol. The fourth-order valence-electron chi connectivity index (χ4n) is 4.04. The fourth-order valence-corrected chi connectivity index (χ4v) is 6.87. The number of aromatic amines is 1. The molecule has 0 aliphatic carbocycles. The molecule has 0 radical (unpaired) electrons. The number of hydrogen-bond acceptors (Lipinski definition) is 7. The van der Waals surface area contributed by atoms with Crippen molar-refractivity contribution in [1.82, 2.24) is 29.7 Å². The van der Waals surface area contributed by atoms with E-state index in [4.69, 9.17) is 0 Å². The molecule has 1 saturated heterocycles. The molecule has 12 heteroatoms. The summed E-state index contributed by atoms with van der Waals surface area (Å²) in [4.78, 5) is 7.88. The second kappa shape index (κ2) is 8.54. The third-order valence-electron chi connectivity index (χ3n) is 5.78. The summed E-state index contributed by atoms with van der Waals surface area (Å²) in [7, 11) is -6.26. The van der Waals surface area contributed by atoms with Crippen molar-refractivity contribution in [2.24, 2.45) is 0 Å². The van der Waals surface area contributed by atoms with Gasteiger partial charge in [-0.1, -0.05) is 17.3 Å². The van der Waals surface area contributed by atoms with Gasteiger partial charge in [-0.05, 0) is 48.2 Å². The molecular formula is C21H24N6O4S2. The minimum atomic E-state index is -3.70. The molecule has 174 valence electrons. The summed E-state index contributed by atoms with van der Waals surface area (Å²) >= 11 is 0. The van der Waals surface area contributed by atoms with Crippen LogP contribution < -0.4 is 4.72 Å². The molecule has 1 aliphatic heterocycles. The van der Waals surface area contributed by atoms with Crippen LogP contribution in [0.25, 0.3) is 22.2 Å². The zero-order valence-corrected chi connectivity index (χ0v) is 19.3. The highest BCUT2D eigenvalue weighted by Crippen LogP contribution is 2.44. The van der Waals surface area contributed by atoms with Crippen LogP contribution >= 0.6 is 10.6 Å². The van der Waals surface area contributed by atoms with E-state index in [2.05, 4.69) is 25.0 Å². The van der Waals surface area contributed by atoms with Gasteiger partial charge in [-0.2, -0.15) is 10.6 Å². The maximum absolute atomic E-state index is 12.8. The van der Waals surface area contributed by atoms with Gasteiger partial charge in [0.15, 0.2) is 0 Å². The summed E-state index contributed by atoms with van der Waals surface area (Å²) in [5.74, 6) is 0.458. The van der Waals surface area contributed by atoms with Crippen LogP contribution in [-0.2, 0) is 16.6 Å². The number of hydrogen-bond donors (Lipinski definition) is 4. The molecule has 10 nitrogen and oxygen atoms in total. The Morgan fingerprint density at radius 2 is 1.88 bits per heavy atom. The van der Waals surface area contributed by atoms with Crippen LogP contribution in [0.2, 0.25) is 0 Å². The quantitative estimate of drug-likeness (QED) is 0.326. The van der Waals surface area contributed by atoms with Crippen LogP contribution in [-0.4, -0.2) is 60.0 Å². The van der Waals surface area contributed by atoms with Crippen molar-refractivity contribution in [1.29, 1.82) is 0 Å². The Bertz CT molecular complexity index is 1360. The number of aromatic nitrogens is 5. The lowest BCUT2D eigenvalue weighted by atomic mass is 10.0. The van der Waals surface area contributed by atoms with E-state index in [1.807, 2.05) is 12.1 Å². The Kier molecular flexibility index (Phi) is 5.70. The molecule has 0 spiro atoms. The molecule has 5 rings (SSSR count). The number of H-pyrrole nitrogens is 1. The second-order valence-electron chi connectivity index (χ2n) is 8.15. The van der Waals surface area contributed by atoms with Gasteiger partial charge in [0.2, 0.25) is 10.0 Å². The van der Waals surface area contributed by atoms with E-state index < -0.39 is 20.6 Å². The molecule has 3 aromatic heterocycles. The average Bonchev–Trinajstić information content (AvgIpc) is 3.44. The largest absolute Gasteiger partial charge is 0.342 e. The predicted molar refractivity (Wildman–Crippen MR) is 127 cm³/mol. The van der Waals surface area contributed by atoms with Crippen molar-refractivity contribution in [3.8, 4) is 11.1 Å². The van der Waals surface area contributed by atoms with Gasteiger partial charge in [-0.25, -0.2) is 22.8 Å². The molecule has 0 unspecified atom stereocenters. The molecule has 4 aromatic rings. The first-order valence-electron chi connectivity index (χ1n) is 10.5. The number of rotatable bonds is 6. The number of benzene rings is 1. The first kappa shape index (κ1) is 22.0. The fraction of sp³-hybridized carbons (Fsp3) is 0.286. The summed E-state index contributed by atoms with van der Waals surface area (Å²) in [6.45, 7) is 0.537. The highest BCUT2D eigenvalue weighted by atomic mass is 32.3. The van der Waals surface area contributed by atoms with Crippen molar-refractivity contribution in [2.45, 2.75) is 30.3 Å². The molecule has 1 aromatic carbocycles. The second-order valence-corrected chi connectivity index (χ2v) is 12.3. The van der Waals surface area contributed by atoms with E-state index in [0.29, 0.717) is 19.4 Å². The van der Waals surface area contributed by atoms with Gasteiger partial charge >= 0.3 is 0 Å².